The van der Waals surface area contributed by atoms with Crippen LogP contribution in [0.15, 0.2) is 42.5 Å². The van der Waals surface area contributed by atoms with Gasteiger partial charge in [0, 0.05) is 29.9 Å². The van der Waals surface area contributed by atoms with E-state index in [4.69, 9.17) is 4.74 Å². The van der Waals surface area contributed by atoms with Crippen molar-refractivity contribution in [3.8, 4) is 5.75 Å². The lowest BCUT2D eigenvalue weighted by molar-refractivity contribution is -0.384. The van der Waals surface area contributed by atoms with Crippen molar-refractivity contribution in [2.24, 2.45) is 0 Å². The third-order valence-corrected chi connectivity index (χ3v) is 3.54. The van der Waals surface area contributed by atoms with Crippen molar-refractivity contribution >= 4 is 11.4 Å². The number of hydrogen-bond acceptors (Lipinski definition) is 4. The zero-order valence-electron chi connectivity index (χ0n) is 13.0. The normalized spacial score (nSPS) is 10.5. The third kappa shape index (κ3) is 3.75. The van der Waals surface area contributed by atoms with Crippen molar-refractivity contribution < 1.29 is 9.66 Å². The van der Waals surface area contributed by atoms with Gasteiger partial charge in [-0.05, 0) is 29.7 Å². The highest BCUT2D eigenvalue weighted by atomic mass is 16.6. The number of rotatable bonds is 6. The van der Waals surface area contributed by atoms with Crippen LogP contribution in [0.2, 0.25) is 0 Å². The standard InChI is InChI=1S/C17H20N2O3/c1-12(2)13-4-6-15(7-5-13)18-11-14-10-16(19(20)21)8-9-17(14)22-3/h4-10,12,18H,11H2,1-3H3. The highest BCUT2D eigenvalue weighted by molar-refractivity contribution is 5.49. The van der Waals surface area contributed by atoms with E-state index in [0.29, 0.717) is 18.2 Å². The monoisotopic (exact) mass is 300 g/mol. The molecule has 0 heterocycles. The van der Waals surface area contributed by atoms with Crippen LogP contribution in [0.25, 0.3) is 0 Å². The van der Waals surface area contributed by atoms with Crippen LogP contribution in [0.4, 0.5) is 11.4 Å². The number of nitrogens with zero attached hydrogens (tertiary/aromatic N) is 1. The van der Waals surface area contributed by atoms with E-state index in [1.54, 1.807) is 13.2 Å². The van der Waals surface area contributed by atoms with Gasteiger partial charge < -0.3 is 10.1 Å². The number of benzene rings is 2. The summed E-state index contributed by atoms with van der Waals surface area (Å²) in [6.45, 7) is 4.76. The third-order valence-electron chi connectivity index (χ3n) is 3.54. The molecule has 0 amide bonds. The van der Waals surface area contributed by atoms with Gasteiger partial charge in [0.05, 0.1) is 12.0 Å². The van der Waals surface area contributed by atoms with E-state index in [1.807, 2.05) is 12.1 Å². The highest BCUT2D eigenvalue weighted by Crippen LogP contribution is 2.25. The first kappa shape index (κ1) is 15.8. The molecule has 0 aromatic heterocycles. The summed E-state index contributed by atoms with van der Waals surface area (Å²) >= 11 is 0. The second-order valence-corrected chi connectivity index (χ2v) is 5.38. The van der Waals surface area contributed by atoms with Gasteiger partial charge in [-0.2, -0.15) is 0 Å². The maximum atomic E-state index is 10.9. The number of nitro groups is 1. The van der Waals surface area contributed by atoms with E-state index in [0.717, 1.165) is 11.3 Å². The van der Waals surface area contributed by atoms with Crippen molar-refractivity contribution in [1.29, 1.82) is 0 Å². The smallest absolute Gasteiger partial charge is 0.270 e. The summed E-state index contributed by atoms with van der Waals surface area (Å²) in [6.07, 6.45) is 0. The molecule has 0 aliphatic carbocycles. The van der Waals surface area contributed by atoms with Crippen LogP contribution in [0.5, 0.6) is 5.75 Å². The molecule has 5 heteroatoms. The van der Waals surface area contributed by atoms with E-state index in [2.05, 4.69) is 31.3 Å². The lowest BCUT2D eigenvalue weighted by Gasteiger charge is -2.12. The van der Waals surface area contributed by atoms with Crippen molar-refractivity contribution in [3.05, 3.63) is 63.7 Å². The minimum absolute atomic E-state index is 0.0627. The molecule has 0 saturated carbocycles. The SMILES string of the molecule is COc1ccc([N+](=O)[O-])cc1CNc1ccc(C(C)C)cc1. The van der Waals surface area contributed by atoms with Crippen molar-refractivity contribution in [2.45, 2.75) is 26.3 Å². The number of methoxy groups -OCH3 is 1. The molecule has 1 N–H and O–H groups in total. The molecular formula is C17H20N2O3. The number of nitro benzene ring substituents is 1. The molecule has 0 radical (unpaired) electrons. The molecule has 0 atom stereocenters. The largest absolute Gasteiger partial charge is 0.496 e. The maximum Gasteiger partial charge on any atom is 0.270 e. The van der Waals surface area contributed by atoms with Crippen LogP contribution >= 0.6 is 0 Å². The van der Waals surface area contributed by atoms with Gasteiger partial charge in [-0.3, -0.25) is 10.1 Å². The van der Waals surface area contributed by atoms with E-state index < -0.39 is 4.92 Å². The van der Waals surface area contributed by atoms with Gasteiger partial charge in [0.1, 0.15) is 5.75 Å². The van der Waals surface area contributed by atoms with Gasteiger partial charge in [-0.25, -0.2) is 0 Å². The van der Waals surface area contributed by atoms with Gasteiger partial charge in [0.25, 0.3) is 5.69 Å². The predicted molar refractivity (Wildman–Crippen MR) is 87.5 cm³/mol. The molecule has 5 nitrogen and oxygen atoms in total. The number of hydrogen-bond donors (Lipinski definition) is 1. The Hall–Kier alpha value is -2.56. The molecule has 2 aromatic rings. The highest BCUT2D eigenvalue weighted by Gasteiger charge is 2.11. The van der Waals surface area contributed by atoms with E-state index in [-0.39, 0.29) is 5.69 Å². The molecule has 0 aliphatic heterocycles. The Morgan fingerprint density at radius 3 is 2.41 bits per heavy atom. The lowest BCUT2D eigenvalue weighted by atomic mass is 10.0. The molecule has 116 valence electrons. The molecule has 0 saturated heterocycles. The molecular weight excluding hydrogens is 280 g/mol. The minimum atomic E-state index is -0.402. The zero-order chi connectivity index (χ0) is 16.1. The summed E-state index contributed by atoms with van der Waals surface area (Å²) in [5.41, 5.74) is 3.06. The maximum absolute atomic E-state index is 10.9. The molecule has 2 rings (SSSR count). The molecule has 0 unspecified atom stereocenters. The van der Waals surface area contributed by atoms with Crippen LogP contribution in [0.3, 0.4) is 0 Å². The molecule has 2 aromatic carbocycles. The molecule has 22 heavy (non-hydrogen) atoms. The van der Waals surface area contributed by atoms with Crippen LogP contribution < -0.4 is 10.1 Å². The molecule has 0 bridgehead atoms. The number of anilines is 1. The molecule has 0 fully saturated rings. The van der Waals surface area contributed by atoms with Crippen LogP contribution in [0.1, 0.15) is 30.9 Å². The van der Waals surface area contributed by atoms with Gasteiger partial charge >= 0.3 is 0 Å². The zero-order valence-corrected chi connectivity index (χ0v) is 13.0. The second-order valence-electron chi connectivity index (χ2n) is 5.38. The Bertz CT molecular complexity index is 651. The Labute approximate surface area is 130 Å². The Morgan fingerprint density at radius 1 is 1.18 bits per heavy atom. The number of ether oxygens (including phenoxy) is 1. The van der Waals surface area contributed by atoms with Gasteiger partial charge in [0.15, 0.2) is 0 Å². The average Bonchev–Trinajstić information content (AvgIpc) is 2.52. The van der Waals surface area contributed by atoms with E-state index in [9.17, 15) is 10.1 Å². The fourth-order valence-corrected chi connectivity index (χ4v) is 2.20. The quantitative estimate of drug-likeness (QED) is 0.636. The average molecular weight is 300 g/mol. The predicted octanol–water partition coefficient (Wildman–Crippen LogP) is 4.34. The lowest BCUT2D eigenvalue weighted by Crippen LogP contribution is -2.03. The summed E-state index contributed by atoms with van der Waals surface area (Å²) in [6, 6.07) is 12.8. The van der Waals surface area contributed by atoms with Crippen molar-refractivity contribution in [1.82, 2.24) is 0 Å². The van der Waals surface area contributed by atoms with Gasteiger partial charge in [0.2, 0.25) is 0 Å². The molecule has 0 aliphatic rings. The summed E-state index contributed by atoms with van der Waals surface area (Å²) in [5.74, 6) is 1.13. The molecule has 0 spiro atoms. The second kappa shape index (κ2) is 6.93. The number of nitrogens with one attached hydrogen (secondary N) is 1. The first-order valence-electron chi connectivity index (χ1n) is 7.16. The minimum Gasteiger partial charge on any atom is -0.496 e. The first-order chi connectivity index (χ1) is 10.5. The Balaban J connectivity index is 2.13. The summed E-state index contributed by atoms with van der Waals surface area (Å²) in [5, 5.41) is 14.1. The van der Waals surface area contributed by atoms with E-state index in [1.165, 1.54) is 17.7 Å². The fourth-order valence-electron chi connectivity index (χ4n) is 2.20. The summed E-state index contributed by atoms with van der Waals surface area (Å²) < 4.78 is 5.26. The van der Waals surface area contributed by atoms with Crippen molar-refractivity contribution in [3.63, 3.8) is 0 Å². The summed E-state index contributed by atoms with van der Waals surface area (Å²) in [4.78, 5) is 10.5. The van der Waals surface area contributed by atoms with Crippen LogP contribution in [-0.4, -0.2) is 12.0 Å². The van der Waals surface area contributed by atoms with Crippen LogP contribution in [-0.2, 0) is 6.54 Å². The first-order valence-corrected chi connectivity index (χ1v) is 7.16. The van der Waals surface area contributed by atoms with Gasteiger partial charge in [-0.15, -0.1) is 0 Å². The van der Waals surface area contributed by atoms with Crippen LogP contribution in [0, 0.1) is 10.1 Å². The number of non-ortho nitro benzene ring substituents is 1. The Kier molecular flexibility index (Phi) is 4.99. The van der Waals surface area contributed by atoms with Crippen molar-refractivity contribution in [2.75, 3.05) is 12.4 Å². The van der Waals surface area contributed by atoms with Gasteiger partial charge in [-0.1, -0.05) is 26.0 Å². The summed E-state index contributed by atoms with van der Waals surface area (Å²) in [7, 11) is 1.56. The van der Waals surface area contributed by atoms with E-state index >= 15 is 0 Å². The topological polar surface area (TPSA) is 64.4 Å². The Morgan fingerprint density at radius 2 is 1.86 bits per heavy atom. The fraction of sp³-hybridized carbons (Fsp3) is 0.294.